The zero-order valence-electron chi connectivity index (χ0n) is 14.8. The van der Waals surface area contributed by atoms with Crippen LogP contribution in [0.25, 0.3) is 0 Å². The van der Waals surface area contributed by atoms with Gasteiger partial charge in [-0.1, -0.05) is 25.4 Å². The van der Waals surface area contributed by atoms with E-state index in [1.54, 1.807) is 36.3 Å². The molecule has 0 saturated carbocycles. The van der Waals surface area contributed by atoms with E-state index in [4.69, 9.17) is 16.3 Å². The lowest BCUT2D eigenvalue weighted by molar-refractivity contribution is 0.0748. The number of hydrogen-bond acceptors (Lipinski definition) is 5. The molecule has 1 heterocycles. The average molecular weight is 363 g/mol. The summed E-state index contributed by atoms with van der Waals surface area (Å²) in [6.45, 7) is 5.54. The minimum Gasteiger partial charge on any atom is -0.495 e. The van der Waals surface area contributed by atoms with E-state index < -0.39 is 0 Å². The maximum absolute atomic E-state index is 12.5. The molecule has 134 valence electrons. The van der Waals surface area contributed by atoms with E-state index >= 15 is 0 Å². The Labute approximate surface area is 153 Å². The second-order valence-electron chi connectivity index (χ2n) is 5.57. The second kappa shape index (κ2) is 9.22. The summed E-state index contributed by atoms with van der Waals surface area (Å²) in [6, 6.07) is 8.75. The molecule has 0 unspecified atom stereocenters. The van der Waals surface area contributed by atoms with Gasteiger partial charge in [-0.15, -0.1) is 10.2 Å². The number of anilines is 2. The summed E-state index contributed by atoms with van der Waals surface area (Å²) in [5.74, 6) is 1.05. The number of nitrogens with zero attached hydrogens (tertiary/aromatic N) is 3. The molecule has 0 saturated heterocycles. The summed E-state index contributed by atoms with van der Waals surface area (Å²) in [6.07, 6.45) is 1.83. The third-order valence-corrected chi connectivity index (χ3v) is 3.88. The molecule has 1 amide bonds. The normalized spacial score (nSPS) is 10.4. The molecule has 0 bridgehead atoms. The van der Waals surface area contributed by atoms with Crippen LogP contribution in [0.5, 0.6) is 5.75 Å². The summed E-state index contributed by atoms with van der Waals surface area (Å²) < 4.78 is 5.12. The predicted octanol–water partition coefficient (Wildman–Crippen LogP) is 4.14. The lowest BCUT2D eigenvalue weighted by Gasteiger charge is -2.20. The summed E-state index contributed by atoms with van der Waals surface area (Å²) in [5.41, 5.74) is 1.11. The maximum Gasteiger partial charge on any atom is 0.274 e. The number of benzene rings is 1. The Morgan fingerprint density at radius 2 is 1.88 bits per heavy atom. The van der Waals surface area contributed by atoms with E-state index in [-0.39, 0.29) is 5.91 Å². The lowest BCUT2D eigenvalue weighted by Crippen LogP contribution is -2.33. The number of halogens is 1. The van der Waals surface area contributed by atoms with Crippen molar-refractivity contribution in [2.45, 2.75) is 26.7 Å². The predicted molar refractivity (Wildman–Crippen MR) is 99.8 cm³/mol. The van der Waals surface area contributed by atoms with Crippen molar-refractivity contribution in [2.75, 3.05) is 25.5 Å². The fourth-order valence-corrected chi connectivity index (χ4v) is 2.68. The first-order chi connectivity index (χ1) is 12.1. The van der Waals surface area contributed by atoms with Crippen LogP contribution >= 0.6 is 11.6 Å². The van der Waals surface area contributed by atoms with Gasteiger partial charge in [-0.05, 0) is 43.2 Å². The highest BCUT2D eigenvalue weighted by Gasteiger charge is 2.16. The highest BCUT2D eigenvalue weighted by molar-refractivity contribution is 6.32. The molecule has 0 atom stereocenters. The van der Waals surface area contributed by atoms with Crippen molar-refractivity contribution >= 4 is 29.0 Å². The first kappa shape index (κ1) is 19.0. The van der Waals surface area contributed by atoms with Crippen LogP contribution in [0.15, 0.2) is 30.3 Å². The molecule has 0 radical (unpaired) electrons. The average Bonchev–Trinajstić information content (AvgIpc) is 2.62. The van der Waals surface area contributed by atoms with E-state index in [1.807, 2.05) is 6.07 Å². The molecule has 2 aromatic rings. The third-order valence-electron chi connectivity index (χ3n) is 3.58. The van der Waals surface area contributed by atoms with Crippen LogP contribution in [-0.2, 0) is 0 Å². The fraction of sp³-hybridized carbons (Fsp3) is 0.389. The first-order valence-corrected chi connectivity index (χ1v) is 8.70. The van der Waals surface area contributed by atoms with E-state index in [0.717, 1.165) is 31.6 Å². The van der Waals surface area contributed by atoms with E-state index in [9.17, 15) is 4.79 Å². The minimum atomic E-state index is -0.0877. The van der Waals surface area contributed by atoms with Gasteiger partial charge in [0, 0.05) is 18.8 Å². The largest absolute Gasteiger partial charge is 0.495 e. The third kappa shape index (κ3) is 5.06. The van der Waals surface area contributed by atoms with Gasteiger partial charge in [0.25, 0.3) is 5.91 Å². The molecule has 6 nitrogen and oxygen atoms in total. The van der Waals surface area contributed by atoms with Crippen molar-refractivity contribution in [3.8, 4) is 5.75 Å². The zero-order chi connectivity index (χ0) is 18.2. The molecule has 0 aliphatic heterocycles. The SMILES string of the molecule is CCCN(CCC)C(=O)c1ccc(Nc2ccc(OC)c(Cl)c2)nn1. The molecular formula is C18H23ClN4O2. The van der Waals surface area contributed by atoms with Gasteiger partial charge in [0.05, 0.1) is 12.1 Å². The van der Waals surface area contributed by atoms with Gasteiger partial charge in [0.2, 0.25) is 0 Å². The van der Waals surface area contributed by atoms with Gasteiger partial charge < -0.3 is 15.0 Å². The van der Waals surface area contributed by atoms with Crippen LogP contribution in [0.1, 0.15) is 37.2 Å². The smallest absolute Gasteiger partial charge is 0.274 e. The van der Waals surface area contributed by atoms with Crippen LogP contribution in [-0.4, -0.2) is 41.2 Å². The molecule has 1 N–H and O–H groups in total. The molecule has 0 aliphatic rings. The lowest BCUT2D eigenvalue weighted by atomic mass is 10.2. The van der Waals surface area contributed by atoms with Crippen molar-refractivity contribution in [1.29, 1.82) is 0 Å². The van der Waals surface area contributed by atoms with E-state index in [0.29, 0.717) is 22.3 Å². The van der Waals surface area contributed by atoms with Crippen molar-refractivity contribution in [1.82, 2.24) is 15.1 Å². The van der Waals surface area contributed by atoms with Gasteiger partial charge in [-0.25, -0.2) is 0 Å². The molecule has 7 heteroatoms. The summed E-state index contributed by atoms with van der Waals surface area (Å²) in [5, 5.41) is 11.7. The van der Waals surface area contributed by atoms with Gasteiger partial charge in [-0.2, -0.15) is 0 Å². The number of nitrogens with one attached hydrogen (secondary N) is 1. The molecule has 1 aromatic heterocycles. The Balaban J connectivity index is 2.08. The first-order valence-electron chi connectivity index (χ1n) is 8.32. The molecular weight excluding hydrogens is 340 g/mol. The summed E-state index contributed by atoms with van der Waals surface area (Å²) in [4.78, 5) is 14.3. The number of amides is 1. The molecule has 0 aliphatic carbocycles. The molecule has 2 rings (SSSR count). The number of aromatic nitrogens is 2. The van der Waals surface area contributed by atoms with Crippen molar-refractivity contribution in [3.63, 3.8) is 0 Å². The Bertz CT molecular complexity index is 701. The molecule has 0 fully saturated rings. The number of methoxy groups -OCH3 is 1. The van der Waals surface area contributed by atoms with Crippen molar-refractivity contribution < 1.29 is 9.53 Å². The Morgan fingerprint density at radius 1 is 1.16 bits per heavy atom. The fourth-order valence-electron chi connectivity index (χ4n) is 2.42. The second-order valence-corrected chi connectivity index (χ2v) is 5.98. The number of carbonyl (C=O) groups is 1. The molecule has 25 heavy (non-hydrogen) atoms. The van der Waals surface area contributed by atoms with Gasteiger partial charge in [0.15, 0.2) is 11.5 Å². The highest BCUT2D eigenvalue weighted by Crippen LogP contribution is 2.28. The maximum atomic E-state index is 12.5. The Morgan fingerprint density at radius 3 is 2.40 bits per heavy atom. The van der Waals surface area contributed by atoms with Crippen LogP contribution in [0, 0.1) is 0 Å². The van der Waals surface area contributed by atoms with Gasteiger partial charge in [0.1, 0.15) is 5.75 Å². The van der Waals surface area contributed by atoms with Crippen LogP contribution < -0.4 is 10.1 Å². The quantitative estimate of drug-likeness (QED) is 0.764. The number of ether oxygens (including phenoxy) is 1. The minimum absolute atomic E-state index is 0.0877. The van der Waals surface area contributed by atoms with Crippen molar-refractivity contribution in [2.24, 2.45) is 0 Å². The number of hydrogen-bond donors (Lipinski definition) is 1. The zero-order valence-corrected chi connectivity index (χ0v) is 15.5. The number of carbonyl (C=O) groups excluding carboxylic acids is 1. The van der Waals surface area contributed by atoms with Crippen molar-refractivity contribution in [3.05, 3.63) is 41.0 Å². The Hall–Kier alpha value is -2.34. The monoisotopic (exact) mass is 362 g/mol. The topological polar surface area (TPSA) is 67.4 Å². The van der Waals surface area contributed by atoms with Crippen LogP contribution in [0.3, 0.4) is 0 Å². The Kier molecular flexibility index (Phi) is 7.01. The summed E-state index contributed by atoms with van der Waals surface area (Å²) >= 11 is 6.11. The molecule has 1 aromatic carbocycles. The van der Waals surface area contributed by atoms with E-state index in [1.165, 1.54) is 0 Å². The highest BCUT2D eigenvalue weighted by atomic mass is 35.5. The van der Waals surface area contributed by atoms with Gasteiger partial charge >= 0.3 is 0 Å². The van der Waals surface area contributed by atoms with E-state index in [2.05, 4.69) is 29.4 Å². The van der Waals surface area contributed by atoms with Crippen LogP contribution in [0.2, 0.25) is 5.02 Å². The molecule has 0 spiro atoms. The van der Waals surface area contributed by atoms with Crippen LogP contribution in [0.4, 0.5) is 11.5 Å². The summed E-state index contributed by atoms with van der Waals surface area (Å²) in [7, 11) is 1.57. The standard InChI is InChI=1S/C18H23ClN4O2/c1-4-10-23(11-5-2)18(24)15-7-9-17(22-21-15)20-13-6-8-16(25-3)14(19)12-13/h6-9,12H,4-5,10-11H2,1-3H3,(H,20,22). The number of rotatable bonds is 8. The van der Waals surface area contributed by atoms with Gasteiger partial charge in [-0.3, -0.25) is 4.79 Å².